The average Bonchev–Trinajstić information content (AvgIpc) is 2.94. The van der Waals surface area contributed by atoms with Crippen molar-refractivity contribution < 1.29 is 9.59 Å². The van der Waals surface area contributed by atoms with Crippen LogP contribution in [0.2, 0.25) is 0 Å². The van der Waals surface area contributed by atoms with E-state index in [-0.39, 0.29) is 0 Å². The molecule has 0 radical (unpaired) electrons. The lowest BCUT2D eigenvalue weighted by Crippen LogP contribution is -2.46. The van der Waals surface area contributed by atoms with Crippen LogP contribution in [0, 0.1) is 0 Å². The van der Waals surface area contributed by atoms with Gasteiger partial charge in [-0.15, -0.1) is 0 Å². The van der Waals surface area contributed by atoms with Crippen molar-refractivity contribution in [3.63, 3.8) is 0 Å². The molecule has 0 heterocycles. The number of benzene rings is 1. The zero-order chi connectivity index (χ0) is 14.6. The predicted molar refractivity (Wildman–Crippen MR) is 84.4 cm³/mol. The highest BCUT2D eigenvalue weighted by Gasteiger charge is 2.32. The molecule has 0 aliphatic heterocycles. The van der Waals surface area contributed by atoms with E-state index in [1.807, 2.05) is 0 Å². The summed E-state index contributed by atoms with van der Waals surface area (Å²) in [5, 5.41) is 10.6. The first-order chi connectivity index (χ1) is 9.57. The molecule has 2 nitrogen and oxygen atoms in total. The fourth-order valence-corrected chi connectivity index (χ4v) is 3.56. The van der Waals surface area contributed by atoms with Crippen LogP contribution in [0.3, 0.4) is 0 Å². The second-order valence-electron chi connectivity index (χ2n) is 6.38. The van der Waals surface area contributed by atoms with E-state index >= 15 is 0 Å². The third-order valence-electron chi connectivity index (χ3n) is 5.45. The van der Waals surface area contributed by atoms with Crippen LogP contribution in [-0.2, 0) is 12.1 Å². The molecule has 2 heteroatoms. The van der Waals surface area contributed by atoms with Gasteiger partial charge in [-0.25, -0.2) is 0 Å². The Bertz CT molecular complexity index is 405. The normalized spacial score (nSPS) is 18.4. The van der Waals surface area contributed by atoms with Crippen LogP contribution in [0.15, 0.2) is 24.3 Å². The summed E-state index contributed by atoms with van der Waals surface area (Å²) in [7, 11) is 0. The summed E-state index contributed by atoms with van der Waals surface area (Å²) in [5.74, 6) is 0. The fourth-order valence-electron chi connectivity index (χ4n) is 3.56. The highest BCUT2D eigenvalue weighted by molar-refractivity contribution is 5.27. The van der Waals surface area contributed by atoms with Gasteiger partial charge in [-0.05, 0) is 39.2 Å². The summed E-state index contributed by atoms with van der Waals surface area (Å²) < 4.78 is 1.14. The van der Waals surface area contributed by atoms with Gasteiger partial charge in [-0.2, -0.15) is 0 Å². The maximum absolute atomic E-state index is 10.6. The fraction of sp³-hybridized carbons (Fsp3) is 0.667. The van der Waals surface area contributed by atoms with Crippen molar-refractivity contribution >= 4 is 0 Å². The van der Waals surface area contributed by atoms with Crippen LogP contribution in [0.5, 0.6) is 0 Å². The molecule has 1 fully saturated rings. The van der Waals surface area contributed by atoms with Crippen molar-refractivity contribution in [3.8, 4) is 0 Å². The minimum Gasteiger partial charge on any atom is -0.385 e. The van der Waals surface area contributed by atoms with Gasteiger partial charge < -0.3 is 9.59 Å². The van der Waals surface area contributed by atoms with Gasteiger partial charge in [0.15, 0.2) is 0 Å². The van der Waals surface area contributed by atoms with Gasteiger partial charge in [0.05, 0.1) is 25.2 Å². The zero-order valence-electron chi connectivity index (χ0n) is 13.4. The van der Waals surface area contributed by atoms with Gasteiger partial charge >= 0.3 is 0 Å². The van der Waals surface area contributed by atoms with Crippen molar-refractivity contribution in [2.45, 2.75) is 58.6 Å². The Morgan fingerprint density at radius 2 is 1.45 bits per heavy atom. The molecule has 0 spiro atoms. The molecule has 0 saturated heterocycles. The molecular weight excluding hydrogens is 246 g/mol. The van der Waals surface area contributed by atoms with E-state index in [9.17, 15) is 5.11 Å². The van der Waals surface area contributed by atoms with Crippen molar-refractivity contribution in [1.29, 1.82) is 0 Å². The predicted octanol–water partition coefficient (Wildman–Crippen LogP) is 3.82. The van der Waals surface area contributed by atoms with E-state index in [2.05, 4.69) is 45.0 Å². The summed E-state index contributed by atoms with van der Waals surface area (Å²) in [5.41, 5.74) is 1.95. The molecule has 1 aromatic carbocycles. The molecule has 112 valence electrons. The van der Waals surface area contributed by atoms with Gasteiger partial charge in [0.1, 0.15) is 6.54 Å². The van der Waals surface area contributed by atoms with E-state index < -0.39 is 5.60 Å². The monoisotopic (exact) mass is 276 g/mol. The molecule has 0 aromatic heterocycles. The third kappa shape index (κ3) is 3.07. The highest BCUT2D eigenvalue weighted by atomic mass is 16.3. The second-order valence-corrected chi connectivity index (χ2v) is 6.38. The average molecular weight is 276 g/mol. The van der Waals surface area contributed by atoms with Crippen LogP contribution >= 0.6 is 0 Å². The lowest BCUT2D eigenvalue weighted by molar-refractivity contribution is -0.936. The quantitative estimate of drug-likeness (QED) is 0.783. The smallest absolute Gasteiger partial charge is 0.104 e. The molecule has 1 N–H and O–H groups in total. The first kappa shape index (κ1) is 15.5. The number of hydrogen-bond acceptors (Lipinski definition) is 1. The van der Waals surface area contributed by atoms with Crippen LogP contribution in [0.25, 0.3) is 0 Å². The lowest BCUT2D eigenvalue weighted by Gasteiger charge is -2.36. The Balaban J connectivity index is 2.12. The van der Waals surface area contributed by atoms with Gasteiger partial charge in [0, 0.05) is 5.56 Å². The van der Waals surface area contributed by atoms with Gasteiger partial charge in [0.2, 0.25) is 0 Å². The third-order valence-corrected chi connectivity index (χ3v) is 5.45. The number of hydrogen-bond donors (Lipinski definition) is 1. The molecule has 1 saturated carbocycles. The summed E-state index contributed by atoms with van der Waals surface area (Å²) in [6, 6.07) is 8.74. The standard InChI is InChI=1S/C18H30NO/c1-4-19(5-2,6-3)15-16-9-11-17(12-10-16)18(20)13-7-8-14-18/h9-12,20H,4-8,13-15H2,1-3H3/q+1. The van der Waals surface area contributed by atoms with Crippen LogP contribution in [-0.4, -0.2) is 29.2 Å². The number of nitrogens with zero attached hydrogens (tertiary/aromatic N) is 1. The second kappa shape index (κ2) is 6.28. The van der Waals surface area contributed by atoms with E-state index in [4.69, 9.17) is 0 Å². The first-order valence-corrected chi connectivity index (χ1v) is 8.24. The summed E-state index contributed by atoms with van der Waals surface area (Å²) >= 11 is 0. The Morgan fingerprint density at radius 3 is 1.90 bits per heavy atom. The molecular formula is C18H30NO+. The van der Waals surface area contributed by atoms with Crippen LogP contribution in [0.1, 0.15) is 57.6 Å². The zero-order valence-corrected chi connectivity index (χ0v) is 13.4. The lowest BCUT2D eigenvalue weighted by atomic mass is 9.91. The topological polar surface area (TPSA) is 20.2 Å². The molecule has 0 atom stereocenters. The van der Waals surface area contributed by atoms with E-state index in [0.29, 0.717) is 0 Å². The largest absolute Gasteiger partial charge is 0.385 e. The minimum atomic E-state index is -0.551. The Labute approximate surface area is 124 Å². The summed E-state index contributed by atoms with van der Waals surface area (Å²) in [6.45, 7) is 11.5. The summed E-state index contributed by atoms with van der Waals surface area (Å²) in [6.07, 6.45) is 4.15. The highest BCUT2D eigenvalue weighted by Crippen LogP contribution is 2.38. The van der Waals surface area contributed by atoms with Crippen LogP contribution < -0.4 is 0 Å². The number of quaternary nitrogens is 1. The Kier molecular flexibility index (Phi) is 4.87. The number of rotatable bonds is 6. The van der Waals surface area contributed by atoms with E-state index in [0.717, 1.165) is 42.3 Å². The first-order valence-electron chi connectivity index (χ1n) is 8.24. The minimum absolute atomic E-state index is 0.551. The van der Waals surface area contributed by atoms with Crippen molar-refractivity contribution in [2.24, 2.45) is 0 Å². The maximum atomic E-state index is 10.6. The Morgan fingerprint density at radius 1 is 0.950 bits per heavy atom. The van der Waals surface area contributed by atoms with Crippen molar-refractivity contribution in [2.75, 3.05) is 19.6 Å². The maximum Gasteiger partial charge on any atom is 0.104 e. The van der Waals surface area contributed by atoms with Gasteiger partial charge in [-0.1, -0.05) is 37.1 Å². The molecule has 20 heavy (non-hydrogen) atoms. The Hall–Kier alpha value is -0.860. The number of aliphatic hydroxyl groups is 1. The van der Waals surface area contributed by atoms with E-state index in [1.165, 1.54) is 25.2 Å². The molecule has 0 unspecified atom stereocenters. The summed E-state index contributed by atoms with van der Waals surface area (Å²) in [4.78, 5) is 0. The van der Waals surface area contributed by atoms with E-state index in [1.54, 1.807) is 0 Å². The molecule has 0 amide bonds. The van der Waals surface area contributed by atoms with Crippen LogP contribution in [0.4, 0.5) is 0 Å². The van der Waals surface area contributed by atoms with Gasteiger partial charge in [0.25, 0.3) is 0 Å². The van der Waals surface area contributed by atoms with Gasteiger partial charge in [-0.3, -0.25) is 0 Å². The SMILES string of the molecule is CC[N+](CC)(CC)Cc1ccc(C2(O)CCCC2)cc1. The molecule has 1 aromatic rings. The van der Waals surface area contributed by atoms with Crippen molar-refractivity contribution in [1.82, 2.24) is 0 Å². The molecule has 1 aliphatic carbocycles. The molecule has 2 rings (SSSR count). The van der Waals surface area contributed by atoms with Crippen molar-refractivity contribution in [3.05, 3.63) is 35.4 Å². The molecule has 1 aliphatic rings. The molecule has 0 bridgehead atoms.